The average molecular weight is 266 g/mol. The summed E-state index contributed by atoms with van der Waals surface area (Å²) in [7, 11) is 1.73. The zero-order valence-electron chi connectivity index (χ0n) is 12.7. The van der Waals surface area contributed by atoms with Gasteiger partial charge in [-0.3, -0.25) is 0 Å². The molecule has 0 aromatic heterocycles. The molecule has 1 heterocycles. The van der Waals surface area contributed by atoms with Gasteiger partial charge in [0.05, 0.1) is 6.61 Å². The number of hydrogen-bond acceptors (Lipinski definition) is 2. The molecular formula is C18H19NO. The lowest BCUT2D eigenvalue weighted by Crippen LogP contribution is -2.06. The topological polar surface area (TPSA) is 21.3 Å². The molecule has 0 amide bonds. The minimum atomic E-state index is 0.779. The molecule has 0 atom stereocenters. The van der Waals surface area contributed by atoms with Gasteiger partial charge in [-0.1, -0.05) is 42.5 Å². The molecule has 0 fully saturated rings. The predicted molar refractivity (Wildman–Crippen MR) is 84.4 cm³/mol. The summed E-state index contributed by atoms with van der Waals surface area (Å²) in [6, 6.07) is 18.4. The number of hydrogen-bond donors (Lipinski definition) is 1. The van der Waals surface area contributed by atoms with Gasteiger partial charge in [-0.2, -0.15) is 0 Å². The Morgan fingerprint density at radius 1 is 1.00 bits per heavy atom. The summed E-state index contributed by atoms with van der Waals surface area (Å²) in [5.41, 5.74) is 4.46. The van der Waals surface area contributed by atoms with Crippen LogP contribution in [0.4, 0.5) is 5.69 Å². The van der Waals surface area contributed by atoms with Crippen molar-refractivity contribution in [3.8, 4) is 0 Å². The third-order valence-electron chi connectivity index (χ3n) is 3.60. The fourth-order valence-corrected chi connectivity index (χ4v) is 2.56. The predicted octanol–water partition coefficient (Wildman–Crippen LogP) is 4.41. The first kappa shape index (κ1) is 11.6. The normalized spacial score (nSPS) is 15.6. The Morgan fingerprint density at radius 3 is 2.45 bits per heavy atom. The SMILES string of the molecule is [2H]N(C)c1ccc(C2=C(c3ccccc3)OCCC2)cc1. The van der Waals surface area contributed by atoms with Gasteiger partial charge in [0.25, 0.3) is 0 Å². The maximum Gasteiger partial charge on any atom is 0.160 e. The Labute approximate surface area is 121 Å². The standard InChI is InChI=1S/C18H19NO/c1-19-16-11-9-14(10-12-16)17-8-5-13-20-18(17)15-6-3-2-4-7-15/h2-4,6-7,9-12,19H,5,8,13H2,1H3/i/hD. The second-order valence-electron chi connectivity index (χ2n) is 4.90. The number of benzene rings is 2. The molecule has 2 heteroatoms. The van der Waals surface area contributed by atoms with Crippen molar-refractivity contribution in [1.82, 2.24) is 0 Å². The molecule has 0 saturated heterocycles. The monoisotopic (exact) mass is 266 g/mol. The van der Waals surface area contributed by atoms with E-state index >= 15 is 0 Å². The average Bonchev–Trinajstić information content (AvgIpc) is 2.56. The molecular weight excluding hydrogens is 246 g/mol. The van der Waals surface area contributed by atoms with Crippen LogP contribution in [0.1, 0.15) is 24.0 Å². The Morgan fingerprint density at radius 2 is 1.75 bits per heavy atom. The molecule has 2 aromatic rings. The van der Waals surface area contributed by atoms with E-state index in [1.165, 1.54) is 16.4 Å². The van der Waals surface area contributed by atoms with Gasteiger partial charge in [-0.05, 0) is 30.5 Å². The summed E-state index contributed by atoms with van der Waals surface area (Å²) >= 11 is 0. The molecule has 2 nitrogen and oxygen atoms in total. The molecule has 0 radical (unpaired) electrons. The van der Waals surface area contributed by atoms with Gasteiger partial charge in [0.15, 0.2) is 1.41 Å². The van der Waals surface area contributed by atoms with Gasteiger partial charge >= 0.3 is 0 Å². The number of allylic oxidation sites excluding steroid dienone is 1. The molecule has 0 unspecified atom stereocenters. The van der Waals surface area contributed by atoms with E-state index in [-0.39, 0.29) is 0 Å². The lowest BCUT2D eigenvalue weighted by Gasteiger charge is -2.22. The van der Waals surface area contributed by atoms with E-state index in [0.29, 0.717) is 0 Å². The van der Waals surface area contributed by atoms with Crippen LogP contribution in [0.3, 0.4) is 0 Å². The third-order valence-corrected chi connectivity index (χ3v) is 3.60. The number of anilines is 1. The fourth-order valence-electron chi connectivity index (χ4n) is 2.56. The summed E-state index contributed by atoms with van der Waals surface area (Å²) in [5.74, 6) is 0.994. The maximum atomic E-state index is 7.60. The maximum absolute atomic E-state index is 7.60. The molecule has 1 aliphatic rings. The highest BCUT2D eigenvalue weighted by Gasteiger charge is 2.17. The van der Waals surface area contributed by atoms with Crippen LogP contribution in [0.2, 0.25) is 1.41 Å². The molecule has 0 bridgehead atoms. The van der Waals surface area contributed by atoms with Crippen molar-refractivity contribution in [2.75, 3.05) is 19.0 Å². The van der Waals surface area contributed by atoms with Crippen LogP contribution in [-0.4, -0.2) is 13.7 Å². The van der Waals surface area contributed by atoms with Crippen molar-refractivity contribution in [1.29, 1.82) is 0 Å². The molecule has 2 aromatic carbocycles. The quantitative estimate of drug-likeness (QED) is 0.888. The summed E-state index contributed by atoms with van der Waals surface area (Å²) in [6.45, 7) is 0.779. The van der Waals surface area contributed by atoms with Gasteiger partial charge in [0.1, 0.15) is 5.76 Å². The van der Waals surface area contributed by atoms with Crippen LogP contribution < -0.4 is 5.31 Å². The van der Waals surface area contributed by atoms with Gasteiger partial charge in [-0.25, -0.2) is 0 Å². The molecule has 3 rings (SSSR count). The minimum Gasteiger partial charge on any atom is -0.493 e. The number of nitrogens with one attached hydrogen (secondary N) is 1. The van der Waals surface area contributed by atoms with Gasteiger partial charge < -0.3 is 10.0 Å². The van der Waals surface area contributed by atoms with Crippen LogP contribution in [0.15, 0.2) is 54.6 Å². The van der Waals surface area contributed by atoms with E-state index in [2.05, 4.69) is 24.3 Å². The molecule has 1 N–H and O–H groups in total. The van der Waals surface area contributed by atoms with Crippen molar-refractivity contribution < 1.29 is 6.15 Å². The first-order chi connectivity index (χ1) is 10.3. The van der Waals surface area contributed by atoms with Crippen LogP contribution in [0.25, 0.3) is 11.3 Å². The highest BCUT2D eigenvalue weighted by Crippen LogP contribution is 2.34. The highest BCUT2D eigenvalue weighted by atomic mass is 16.5. The second-order valence-corrected chi connectivity index (χ2v) is 4.90. The summed E-state index contributed by atoms with van der Waals surface area (Å²) in [6.07, 6.45) is 2.08. The molecule has 20 heavy (non-hydrogen) atoms. The van der Waals surface area contributed by atoms with E-state index in [0.717, 1.165) is 36.5 Å². The molecule has 1 aliphatic heterocycles. The Balaban J connectivity index is 2.02. The highest BCUT2D eigenvalue weighted by molar-refractivity contribution is 5.88. The van der Waals surface area contributed by atoms with E-state index in [1.807, 2.05) is 30.3 Å². The summed E-state index contributed by atoms with van der Waals surface area (Å²) in [5, 5.41) is 1.37. The molecule has 0 saturated carbocycles. The Bertz CT molecular complexity index is 632. The van der Waals surface area contributed by atoms with Crippen LogP contribution in [0.5, 0.6) is 0 Å². The van der Waals surface area contributed by atoms with E-state index in [1.54, 1.807) is 7.05 Å². The molecule has 0 aliphatic carbocycles. The first-order valence-corrected chi connectivity index (χ1v) is 7.00. The van der Waals surface area contributed by atoms with Crippen molar-refractivity contribution in [3.63, 3.8) is 0 Å². The second kappa shape index (κ2) is 5.83. The lowest BCUT2D eigenvalue weighted by atomic mass is 9.95. The number of rotatable bonds is 3. The van der Waals surface area contributed by atoms with E-state index in [9.17, 15) is 0 Å². The van der Waals surface area contributed by atoms with Crippen molar-refractivity contribution in [2.45, 2.75) is 12.8 Å². The first-order valence-electron chi connectivity index (χ1n) is 7.45. The van der Waals surface area contributed by atoms with Crippen molar-refractivity contribution in [3.05, 3.63) is 65.7 Å². The van der Waals surface area contributed by atoms with Crippen molar-refractivity contribution >= 4 is 17.0 Å². The zero-order valence-corrected chi connectivity index (χ0v) is 11.7. The lowest BCUT2D eigenvalue weighted by molar-refractivity contribution is 0.262. The third kappa shape index (κ3) is 2.55. The fraction of sp³-hybridized carbons (Fsp3) is 0.222. The van der Waals surface area contributed by atoms with Gasteiger partial charge in [0.2, 0.25) is 0 Å². The van der Waals surface area contributed by atoms with E-state index < -0.39 is 0 Å². The Hall–Kier alpha value is -2.22. The minimum absolute atomic E-state index is 0.779. The van der Waals surface area contributed by atoms with Crippen molar-refractivity contribution in [2.24, 2.45) is 0 Å². The number of ether oxygens (including phenoxy) is 1. The molecule has 102 valence electrons. The Kier molecular flexibility index (Phi) is 3.38. The zero-order chi connectivity index (χ0) is 14.7. The largest absolute Gasteiger partial charge is 0.493 e. The van der Waals surface area contributed by atoms with E-state index in [4.69, 9.17) is 6.15 Å². The van der Waals surface area contributed by atoms with Crippen LogP contribution in [-0.2, 0) is 4.74 Å². The van der Waals surface area contributed by atoms with Gasteiger partial charge in [0, 0.05) is 23.9 Å². The molecule has 0 spiro atoms. The smallest absolute Gasteiger partial charge is 0.160 e. The van der Waals surface area contributed by atoms with Gasteiger partial charge in [-0.15, -0.1) is 0 Å². The summed E-state index contributed by atoms with van der Waals surface area (Å²) in [4.78, 5) is 0. The van der Waals surface area contributed by atoms with Crippen LogP contribution in [0, 0.1) is 0 Å². The summed E-state index contributed by atoms with van der Waals surface area (Å²) < 4.78 is 13.5. The van der Waals surface area contributed by atoms with Crippen LogP contribution >= 0.6 is 0 Å².